The van der Waals surface area contributed by atoms with Crippen molar-refractivity contribution in [3.05, 3.63) is 29.8 Å². The molecule has 24 heavy (non-hydrogen) atoms. The maximum Gasteiger partial charge on any atom is 0.329 e. The Labute approximate surface area is 142 Å². The molecule has 2 amide bonds. The highest BCUT2D eigenvalue weighted by molar-refractivity contribution is 6.39. The lowest BCUT2D eigenvalue weighted by Crippen LogP contribution is -2.34. The Morgan fingerprint density at radius 3 is 2.46 bits per heavy atom. The third-order valence-electron chi connectivity index (χ3n) is 5.20. The van der Waals surface area contributed by atoms with Gasteiger partial charge >= 0.3 is 11.8 Å². The Kier molecular flexibility index (Phi) is 5.28. The number of aryl methyl sites for hydroxylation is 1. The normalized spacial score (nSPS) is 25.0. The van der Waals surface area contributed by atoms with Crippen LogP contribution in [0.1, 0.15) is 50.5 Å². The summed E-state index contributed by atoms with van der Waals surface area (Å²) in [4.78, 5) is 23.8. The lowest BCUT2D eigenvalue weighted by Gasteiger charge is -2.35. The molecule has 1 aromatic carbocycles. The minimum Gasteiger partial charge on any atom is -0.318 e. The van der Waals surface area contributed by atoms with Gasteiger partial charge < -0.3 is 5.32 Å². The number of carbonyl (C=O) groups excluding carboxylic acids is 2. The molecular formula is C19H25N3O2. The van der Waals surface area contributed by atoms with Crippen LogP contribution in [0.3, 0.4) is 0 Å². The van der Waals surface area contributed by atoms with Gasteiger partial charge in [0.05, 0.1) is 0 Å². The Morgan fingerprint density at radius 2 is 1.71 bits per heavy atom. The molecule has 2 aliphatic carbocycles. The summed E-state index contributed by atoms with van der Waals surface area (Å²) in [5.41, 5.74) is 5.15. The van der Waals surface area contributed by atoms with E-state index in [2.05, 4.69) is 15.8 Å². The zero-order valence-corrected chi connectivity index (χ0v) is 14.2. The number of anilines is 1. The molecule has 2 N–H and O–H groups in total. The van der Waals surface area contributed by atoms with E-state index >= 15 is 0 Å². The molecule has 0 spiro atoms. The fourth-order valence-electron chi connectivity index (χ4n) is 3.80. The summed E-state index contributed by atoms with van der Waals surface area (Å²) in [5, 5.41) is 6.79. The van der Waals surface area contributed by atoms with Crippen molar-refractivity contribution in [2.45, 2.75) is 51.9 Å². The molecule has 2 fully saturated rings. The molecule has 0 unspecified atom stereocenters. The van der Waals surface area contributed by atoms with Crippen molar-refractivity contribution >= 4 is 23.2 Å². The predicted molar refractivity (Wildman–Crippen MR) is 94.7 cm³/mol. The van der Waals surface area contributed by atoms with Gasteiger partial charge in [-0.25, -0.2) is 5.43 Å². The average Bonchev–Trinajstić information content (AvgIpc) is 2.61. The first-order valence-electron chi connectivity index (χ1n) is 8.85. The largest absolute Gasteiger partial charge is 0.329 e. The van der Waals surface area contributed by atoms with Crippen molar-refractivity contribution in [3.63, 3.8) is 0 Å². The maximum absolute atomic E-state index is 11.9. The summed E-state index contributed by atoms with van der Waals surface area (Å²) in [7, 11) is 0. The van der Waals surface area contributed by atoms with Crippen molar-refractivity contribution in [1.29, 1.82) is 0 Å². The van der Waals surface area contributed by atoms with E-state index in [4.69, 9.17) is 0 Å². The predicted octanol–water partition coefficient (Wildman–Crippen LogP) is 3.40. The minimum absolute atomic E-state index is 0.608. The van der Waals surface area contributed by atoms with Crippen LogP contribution in [0, 0.1) is 18.8 Å². The number of fused-ring (bicyclic) bond motifs is 1. The van der Waals surface area contributed by atoms with Gasteiger partial charge in [-0.3, -0.25) is 9.59 Å². The monoisotopic (exact) mass is 327 g/mol. The Hall–Kier alpha value is -2.17. The smallest absolute Gasteiger partial charge is 0.318 e. The number of carbonyl (C=O) groups is 2. The van der Waals surface area contributed by atoms with E-state index in [0.717, 1.165) is 36.5 Å². The zero-order chi connectivity index (χ0) is 16.9. The number of rotatable bonds is 2. The van der Waals surface area contributed by atoms with Crippen LogP contribution in [-0.2, 0) is 9.59 Å². The summed E-state index contributed by atoms with van der Waals surface area (Å²) in [5.74, 6) is 0.145. The fourth-order valence-corrected chi connectivity index (χ4v) is 3.80. The molecule has 2 saturated carbocycles. The molecular weight excluding hydrogens is 302 g/mol. The molecule has 128 valence electrons. The molecule has 0 aromatic heterocycles. The van der Waals surface area contributed by atoms with Crippen LogP contribution in [-0.4, -0.2) is 17.5 Å². The third kappa shape index (κ3) is 4.22. The van der Waals surface area contributed by atoms with Gasteiger partial charge in [0.2, 0.25) is 0 Å². The van der Waals surface area contributed by atoms with Crippen LogP contribution in [0.25, 0.3) is 0 Å². The van der Waals surface area contributed by atoms with Gasteiger partial charge in [-0.2, -0.15) is 5.10 Å². The molecule has 0 bridgehead atoms. The van der Waals surface area contributed by atoms with E-state index in [0.29, 0.717) is 11.6 Å². The highest BCUT2D eigenvalue weighted by atomic mass is 16.2. The van der Waals surface area contributed by atoms with Crippen molar-refractivity contribution in [3.8, 4) is 0 Å². The maximum atomic E-state index is 11.9. The first kappa shape index (κ1) is 16.7. The quantitative estimate of drug-likeness (QED) is 0.645. The Morgan fingerprint density at radius 1 is 1.00 bits per heavy atom. The minimum atomic E-state index is -0.714. The number of amides is 2. The first-order chi connectivity index (χ1) is 11.6. The van der Waals surface area contributed by atoms with Gasteiger partial charge in [-0.05, 0) is 56.6 Å². The molecule has 5 nitrogen and oxygen atoms in total. The second kappa shape index (κ2) is 7.60. The van der Waals surface area contributed by atoms with Gasteiger partial charge in [0.15, 0.2) is 0 Å². The number of benzene rings is 1. The molecule has 0 aliphatic heterocycles. The molecule has 3 rings (SSSR count). The van der Waals surface area contributed by atoms with Crippen LogP contribution >= 0.6 is 0 Å². The van der Waals surface area contributed by atoms with Crippen molar-refractivity contribution < 1.29 is 9.59 Å². The van der Waals surface area contributed by atoms with Crippen LogP contribution in [0.5, 0.6) is 0 Å². The topological polar surface area (TPSA) is 70.6 Å². The van der Waals surface area contributed by atoms with Gasteiger partial charge in [0.25, 0.3) is 0 Å². The van der Waals surface area contributed by atoms with Gasteiger partial charge in [0, 0.05) is 11.4 Å². The molecule has 0 heterocycles. The van der Waals surface area contributed by atoms with Crippen LogP contribution in [0.2, 0.25) is 0 Å². The van der Waals surface area contributed by atoms with Crippen molar-refractivity contribution in [2.24, 2.45) is 16.9 Å². The molecule has 0 saturated heterocycles. The van der Waals surface area contributed by atoms with Gasteiger partial charge in [-0.15, -0.1) is 0 Å². The Balaban J connectivity index is 1.50. The highest BCUT2D eigenvalue weighted by Crippen LogP contribution is 2.39. The fraction of sp³-hybridized carbons (Fsp3) is 0.526. The lowest BCUT2D eigenvalue weighted by molar-refractivity contribution is -0.136. The van der Waals surface area contributed by atoms with E-state index < -0.39 is 11.8 Å². The van der Waals surface area contributed by atoms with Crippen LogP contribution in [0.4, 0.5) is 5.69 Å². The molecule has 2 aliphatic rings. The number of hydrazone groups is 1. The van der Waals surface area contributed by atoms with Gasteiger partial charge in [-0.1, -0.05) is 37.0 Å². The van der Waals surface area contributed by atoms with E-state index in [9.17, 15) is 9.59 Å². The van der Waals surface area contributed by atoms with Gasteiger partial charge in [0.1, 0.15) is 0 Å². The lowest BCUT2D eigenvalue weighted by atomic mass is 9.70. The Bertz CT molecular complexity index is 637. The van der Waals surface area contributed by atoms with Crippen molar-refractivity contribution in [2.75, 3.05) is 5.32 Å². The highest BCUT2D eigenvalue weighted by Gasteiger charge is 2.30. The number of hydrogen-bond acceptors (Lipinski definition) is 3. The van der Waals surface area contributed by atoms with E-state index in [1.165, 1.54) is 25.7 Å². The average molecular weight is 327 g/mol. The first-order valence-corrected chi connectivity index (χ1v) is 8.85. The van der Waals surface area contributed by atoms with E-state index in [1.54, 1.807) is 12.1 Å². The zero-order valence-electron chi connectivity index (χ0n) is 14.2. The summed E-state index contributed by atoms with van der Waals surface area (Å²) < 4.78 is 0. The number of nitrogens with one attached hydrogen (secondary N) is 2. The SMILES string of the molecule is Cc1ccc(NC(=O)C(=O)N/N=C2/CC[C@@H]3CCCC[C@H]3C2)cc1. The second-order valence-electron chi connectivity index (χ2n) is 6.99. The summed E-state index contributed by atoms with van der Waals surface area (Å²) in [6.45, 7) is 1.97. The molecule has 1 aromatic rings. The molecule has 5 heteroatoms. The second-order valence-corrected chi connectivity index (χ2v) is 6.99. The van der Waals surface area contributed by atoms with Crippen molar-refractivity contribution in [1.82, 2.24) is 5.43 Å². The molecule has 0 radical (unpaired) electrons. The summed E-state index contributed by atoms with van der Waals surface area (Å²) in [6.07, 6.45) is 8.32. The number of nitrogens with zero attached hydrogens (tertiary/aromatic N) is 1. The van der Waals surface area contributed by atoms with Crippen LogP contribution in [0.15, 0.2) is 29.4 Å². The van der Waals surface area contributed by atoms with Crippen LogP contribution < -0.4 is 10.7 Å². The van der Waals surface area contributed by atoms with E-state index in [-0.39, 0.29) is 0 Å². The standard InChI is InChI=1S/C19H25N3O2/c1-13-6-9-16(10-7-13)20-18(23)19(24)22-21-17-11-8-14-4-2-3-5-15(14)12-17/h6-7,9-10,14-15H,2-5,8,11-12H2,1H3,(H,20,23)(H,22,24)/b21-17-/t14-,15-/m0/s1. The van der Waals surface area contributed by atoms with E-state index in [1.807, 2.05) is 19.1 Å². The summed E-state index contributed by atoms with van der Waals surface area (Å²) >= 11 is 0. The molecule has 2 atom stereocenters. The number of hydrogen-bond donors (Lipinski definition) is 2. The summed E-state index contributed by atoms with van der Waals surface area (Å²) in [6, 6.07) is 7.32. The third-order valence-corrected chi connectivity index (χ3v) is 5.20.